The van der Waals surface area contributed by atoms with Crippen molar-refractivity contribution in [2.75, 3.05) is 7.11 Å². The third kappa shape index (κ3) is 4.22. The molecule has 0 bridgehead atoms. The highest BCUT2D eigenvalue weighted by molar-refractivity contribution is 5.77. The summed E-state index contributed by atoms with van der Waals surface area (Å²) in [5.41, 5.74) is 1.92. The summed E-state index contributed by atoms with van der Waals surface area (Å²) in [6.07, 6.45) is 1.62. The standard InChI is InChI=1S/C22H20N4O4/c1-29-17-6-4-5-15(11-17)20-12-16(25-30-20)13-23-21(27)9-10-26-14-24-19-8-3-2-7-18(19)22(26)28/h2-8,11-12,14H,9-10,13H2,1H3,(H,23,27). The molecule has 0 fully saturated rings. The number of ether oxygens (including phenoxy) is 1. The van der Waals surface area contributed by atoms with E-state index in [0.717, 1.165) is 11.3 Å². The van der Waals surface area contributed by atoms with Crippen LogP contribution in [0, 0.1) is 0 Å². The molecule has 2 heterocycles. The van der Waals surface area contributed by atoms with Gasteiger partial charge in [0, 0.05) is 24.6 Å². The SMILES string of the molecule is COc1cccc(-c2cc(CNC(=O)CCn3cnc4ccccc4c3=O)no2)c1. The van der Waals surface area contributed by atoms with Crippen molar-refractivity contribution in [3.63, 3.8) is 0 Å². The fourth-order valence-corrected chi connectivity index (χ4v) is 3.07. The van der Waals surface area contributed by atoms with Crippen LogP contribution in [0.4, 0.5) is 0 Å². The van der Waals surface area contributed by atoms with Crippen molar-refractivity contribution < 1.29 is 14.1 Å². The first kappa shape index (κ1) is 19.4. The average molecular weight is 404 g/mol. The Morgan fingerprint density at radius 1 is 1.17 bits per heavy atom. The van der Waals surface area contributed by atoms with Crippen LogP contribution in [0.5, 0.6) is 5.75 Å². The van der Waals surface area contributed by atoms with E-state index in [4.69, 9.17) is 9.26 Å². The molecule has 0 saturated heterocycles. The molecule has 0 aliphatic carbocycles. The summed E-state index contributed by atoms with van der Waals surface area (Å²) in [6, 6.07) is 16.3. The Bertz CT molecular complexity index is 1250. The first-order valence-electron chi connectivity index (χ1n) is 9.45. The summed E-state index contributed by atoms with van der Waals surface area (Å²) in [6.45, 7) is 0.480. The lowest BCUT2D eigenvalue weighted by atomic mass is 10.1. The Morgan fingerprint density at radius 2 is 2.03 bits per heavy atom. The molecule has 4 rings (SSSR count). The van der Waals surface area contributed by atoms with Crippen LogP contribution in [0.15, 0.2) is 70.2 Å². The maximum absolute atomic E-state index is 12.5. The molecular weight excluding hydrogens is 384 g/mol. The number of carbonyl (C=O) groups is 1. The quantitative estimate of drug-likeness (QED) is 0.509. The van der Waals surface area contributed by atoms with Gasteiger partial charge in [-0.2, -0.15) is 0 Å². The molecule has 8 nitrogen and oxygen atoms in total. The molecular formula is C22H20N4O4. The number of hydrogen-bond donors (Lipinski definition) is 1. The van der Waals surface area contributed by atoms with Gasteiger partial charge in [0.25, 0.3) is 5.56 Å². The number of rotatable bonds is 7. The Hall–Kier alpha value is -3.94. The van der Waals surface area contributed by atoms with E-state index >= 15 is 0 Å². The van der Waals surface area contributed by atoms with Crippen LogP contribution in [0.2, 0.25) is 0 Å². The highest BCUT2D eigenvalue weighted by atomic mass is 16.5. The summed E-state index contributed by atoms with van der Waals surface area (Å²) < 4.78 is 12.0. The summed E-state index contributed by atoms with van der Waals surface area (Å²) in [5.74, 6) is 1.12. The number of aromatic nitrogens is 3. The molecule has 0 aliphatic heterocycles. The number of amides is 1. The summed E-state index contributed by atoms with van der Waals surface area (Å²) in [4.78, 5) is 28.9. The molecule has 0 radical (unpaired) electrons. The molecule has 152 valence electrons. The van der Waals surface area contributed by atoms with Crippen LogP contribution in [0.3, 0.4) is 0 Å². The zero-order valence-electron chi connectivity index (χ0n) is 16.4. The maximum atomic E-state index is 12.5. The smallest absolute Gasteiger partial charge is 0.261 e. The Kier molecular flexibility index (Phi) is 5.56. The van der Waals surface area contributed by atoms with Gasteiger partial charge in [-0.1, -0.05) is 29.4 Å². The van der Waals surface area contributed by atoms with Crippen LogP contribution in [0.1, 0.15) is 12.1 Å². The third-order valence-electron chi connectivity index (χ3n) is 4.69. The largest absolute Gasteiger partial charge is 0.497 e. The van der Waals surface area contributed by atoms with Crippen LogP contribution >= 0.6 is 0 Å². The second-order valence-corrected chi connectivity index (χ2v) is 6.70. The van der Waals surface area contributed by atoms with E-state index in [-0.39, 0.29) is 31.0 Å². The topological polar surface area (TPSA) is 99.2 Å². The highest BCUT2D eigenvalue weighted by Crippen LogP contribution is 2.24. The molecule has 8 heteroatoms. The second-order valence-electron chi connectivity index (χ2n) is 6.70. The number of benzene rings is 2. The molecule has 2 aromatic heterocycles. The van der Waals surface area contributed by atoms with Gasteiger partial charge in [0.05, 0.1) is 30.9 Å². The molecule has 0 saturated carbocycles. The minimum absolute atomic E-state index is 0.153. The van der Waals surface area contributed by atoms with Gasteiger partial charge in [0.2, 0.25) is 5.91 Å². The zero-order valence-corrected chi connectivity index (χ0v) is 16.4. The zero-order chi connectivity index (χ0) is 20.9. The van der Waals surface area contributed by atoms with Gasteiger partial charge in [-0.25, -0.2) is 4.98 Å². The molecule has 1 amide bonds. The van der Waals surface area contributed by atoms with Crippen molar-refractivity contribution >= 4 is 16.8 Å². The molecule has 0 atom stereocenters. The number of aryl methyl sites for hydroxylation is 1. The van der Waals surface area contributed by atoms with Gasteiger partial charge in [0.15, 0.2) is 5.76 Å². The van der Waals surface area contributed by atoms with Crippen molar-refractivity contribution in [1.29, 1.82) is 0 Å². The molecule has 1 N–H and O–H groups in total. The lowest BCUT2D eigenvalue weighted by molar-refractivity contribution is -0.121. The molecule has 4 aromatic rings. The van der Waals surface area contributed by atoms with Crippen LogP contribution < -0.4 is 15.6 Å². The fraction of sp³-hybridized carbons (Fsp3) is 0.182. The fourth-order valence-electron chi connectivity index (χ4n) is 3.07. The minimum atomic E-state index is -0.194. The van der Waals surface area contributed by atoms with Crippen molar-refractivity contribution in [2.45, 2.75) is 19.5 Å². The predicted molar refractivity (Wildman–Crippen MR) is 111 cm³/mol. The number of nitrogens with one attached hydrogen (secondary N) is 1. The number of para-hydroxylation sites is 1. The van der Waals surface area contributed by atoms with Gasteiger partial charge < -0.3 is 14.6 Å². The van der Waals surface area contributed by atoms with E-state index in [1.54, 1.807) is 31.4 Å². The normalized spacial score (nSPS) is 10.8. The number of hydrogen-bond acceptors (Lipinski definition) is 6. The van der Waals surface area contributed by atoms with Crippen molar-refractivity contribution in [2.24, 2.45) is 0 Å². The lowest BCUT2D eigenvalue weighted by Gasteiger charge is -2.07. The summed E-state index contributed by atoms with van der Waals surface area (Å²) in [7, 11) is 1.60. The molecule has 0 spiro atoms. The van der Waals surface area contributed by atoms with Gasteiger partial charge in [-0.3, -0.25) is 14.2 Å². The van der Waals surface area contributed by atoms with Crippen molar-refractivity contribution in [1.82, 2.24) is 20.0 Å². The summed E-state index contributed by atoms with van der Waals surface area (Å²) >= 11 is 0. The number of carbonyl (C=O) groups excluding carboxylic acids is 1. The van der Waals surface area contributed by atoms with E-state index in [9.17, 15) is 9.59 Å². The van der Waals surface area contributed by atoms with Gasteiger partial charge >= 0.3 is 0 Å². The van der Waals surface area contributed by atoms with Crippen molar-refractivity contribution in [3.8, 4) is 17.1 Å². The number of fused-ring (bicyclic) bond motifs is 1. The van der Waals surface area contributed by atoms with E-state index in [1.165, 1.54) is 10.9 Å². The monoisotopic (exact) mass is 404 g/mol. The Labute approximate surface area is 172 Å². The Balaban J connectivity index is 1.34. The van der Waals surface area contributed by atoms with Crippen LogP contribution in [-0.4, -0.2) is 27.7 Å². The van der Waals surface area contributed by atoms with E-state index in [2.05, 4.69) is 15.5 Å². The lowest BCUT2D eigenvalue weighted by Crippen LogP contribution is -2.27. The average Bonchev–Trinajstić information content (AvgIpc) is 3.27. The molecule has 2 aromatic carbocycles. The molecule has 30 heavy (non-hydrogen) atoms. The Morgan fingerprint density at radius 3 is 2.90 bits per heavy atom. The first-order chi connectivity index (χ1) is 14.6. The van der Waals surface area contributed by atoms with Crippen LogP contribution in [-0.2, 0) is 17.9 Å². The molecule has 0 unspecified atom stereocenters. The molecule has 0 aliphatic rings. The summed E-state index contributed by atoms with van der Waals surface area (Å²) in [5, 5.41) is 7.32. The highest BCUT2D eigenvalue weighted by Gasteiger charge is 2.10. The maximum Gasteiger partial charge on any atom is 0.261 e. The van der Waals surface area contributed by atoms with E-state index in [1.807, 2.05) is 30.3 Å². The van der Waals surface area contributed by atoms with Gasteiger partial charge in [-0.15, -0.1) is 0 Å². The first-order valence-corrected chi connectivity index (χ1v) is 9.45. The van der Waals surface area contributed by atoms with E-state index in [0.29, 0.717) is 22.4 Å². The second kappa shape index (κ2) is 8.60. The number of nitrogens with zero attached hydrogens (tertiary/aromatic N) is 3. The predicted octanol–water partition coefficient (Wildman–Crippen LogP) is 2.77. The number of methoxy groups -OCH3 is 1. The third-order valence-corrected chi connectivity index (χ3v) is 4.69. The van der Waals surface area contributed by atoms with E-state index < -0.39 is 0 Å². The van der Waals surface area contributed by atoms with Gasteiger partial charge in [0.1, 0.15) is 11.4 Å². The minimum Gasteiger partial charge on any atom is -0.497 e. The van der Waals surface area contributed by atoms with Gasteiger partial charge in [-0.05, 0) is 24.3 Å². The van der Waals surface area contributed by atoms with Crippen LogP contribution in [0.25, 0.3) is 22.2 Å². The van der Waals surface area contributed by atoms with Crippen molar-refractivity contribution in [3.05, 3.63) is 77.0 Å².